The molecule has 3 aromatic rings. The number of anilines is 1. The van der Waals surface area contributed by atoms with Gasteiger partial charge < -0.3 is 14.8 Å². The number of aryl methyl sites for hydroxylation is 3. The molecule has 0 aliphatic rings. The number of nitrogens with one attached hydrogen (secondary N) is 1. The molecule has 0 aliphatic carbocycles. The molecule has 1 N–H and O–H groups in total. The van der Waals surface area contributed by atoms with E-state index in [4.69, 9.17) is 9.47 Å². The number of benzene rings is 2. The number of fused-ring (bicyclic) bond motifs is 1. The first-order chi connectivity index (χ1) is 13.9. The van der Waals surface area contributed by atoms with E-state index in [2.05, 4.69) is 10.3 Å². The maximum Gasteiger partial charge on any atom is 0.261 e. The van der Waals surface area contributed by atoms with Gasteiger partial charge in [-0.05, 0) is 43.5 Å². The van der Waals surface area contributed by atoms with Crippen LogP contribution in [-0.4, -0.2) is 29.7 Å². The molecule has 0 saturated carbocycles. The van der Waals surface area contributed by atoms with Gasteiger partial charge in [0.15, 0.2) is 11.5 Å². The summed E-state index contributed by atoms with van der Waals surface area (Å²) in [4.78, 5) is 29.4. The number of nitrogens with zero attached hydrogens (tertiary/aromatic N) is 2. The van der Waals surface area contributed by atoms with E-state index in [1.807, 2.05) is 32.0 Å². The number of amides is 1. The largest absolute Gasteiger partial charge is 0.493 e. The van der Waals surface area contributed by atoms with Crippen LogP contribution >= 0.6 is 0 Å². The molecule has 152 valence electrons. The molecule has 1 amide bonds. The Kier molecular flexibility index (Phi) is 6.16. The molecule has 7 nitrogen and oxygen atoms in total. The average molecular weight is 395 g/mol. The van der Waals surface area contributed by atoms with Crippen molar-refractivity contribution in [3.8, 4) is 11.5 Å². The monoisotopic (exact) mass is 395 g/mol. The molecule has 0 bridgehead atoms. The van der Waals surface area contributed by atoms with Crippen LogP contribution in [0.25, 0.3) is 10.9 Å². The Morgan fingerprint density at radius 2 is 1.83 bits per heavy atom. The van der Waals surface area contributed by atoms with Gasteiger partial charge in [0.05, 0.1) is 31.4 Å². The first kappa shape index (κ1) is 20.4. The molecule has 0 atom stereocenters. The van der Waals surface area contributed by atoms with Crippen LogP contribution in [0.1, 0.15) is 24.0 Å². The first-order valence-electron chi connectivity index (χ1n) is 9.42. The van der Waals surface area contributed by atoms with Crippen molar-refractivity contribution in [3.63, 3.8) is 0 Å². The fourth-order valence-corrected chi connectivity index (χ4v) is 3.23. The average Bonchev–Trinajstić information content (AvgIpc) is 2.71. The lowest BCUT2D eigenvalue weighted by Gasteiger charge is -2.14. The Labute approximate surface area is 169 Å². The highest BCUT2D eigenvalue weighted by molar-refractivity contribution is 5.92. The van der Waals surface area contributed by atoms with Crippen molar-refractivity contribution in [1.82, 2.24) is 9.55 Å². The zero-order valence-electron chi connectivity index (χ0n) is 17.1. The maximum absolute atomic E-state index is 12.6. The van der Waals surface area contributed by atoms with E-state index in [0.717, 1.165) is 16.6 Å². The second-order valence-corrected chi connectivity index (χ2v) is 6.89. The number of carbonyl (C=O) groups excluding carboxylic acids is 1. The minimum Gasteiger partial charge on any atom is -0.493 e. The van der Waals surface area contributed by atoms with Gasteiger partial charge >= 0.3 is 0 Å². The van der Waals surface area contributed by atoms with Crippen LogP contribution < -0.4 is 20.3 Å². The van der Waals surface area contributed by atoms with Gasteiger partial charge in [0.2, 0.25) is 5.91 Å². The third kappa shape index (κ3) is 4.39. The lowest BCUT2D eigenvalue weighted by Crippen LogP contribution is -2.22. The normalized spacial score (nSPS) is 10.8. The molecular weight excluding hydrogens is 370 g/mol. The summed E-state index contributed by atoms with van der Waals surface area (Å²) in [7, 11) is 3.12. The Balaban J connectivity index is 1.64. The predicted molar refractivity (Wildman–Crippen MR) is 113 cm³/mol. The summed E-state index contributed by atoms with van der Waals surface area (Å²) in [6, 6.07) is 9.12. The summed E-state index contributed by atoms with van der Waals surface area (Å²) in [6.07, 6.45) is 2.36. The molecule has 0 fully saturated rings. The van der Waals surface area contributed by atoms with E-state index < -0.39 is 0 Å². The molecule has 7 heteroatoms. The van der Waals surface area contributed by atoms with Crippen molar-refractivity contribution < 1.29 is 14.3 Å². The molecule has 2 aromatic carbocycles. The number of methoxy groups -OCH3 is 2. The van der Waals surface area contributed by atoms with Crippen LogP contribution in [0.4, 0.5) is 5.69 Å². The van der Waals surface area contributed by atoms with Crippen LogP contribution in [0.15, 0.2) is 41.5 Å². The second kappa shape index (κ2) is 8.77. The smallest absolute Gasteiger partial charge is 0.261 e. The fraction of sp³-hybridized carbons (Fsp3) is 0.318. The summed E-state index contributed by atoms with van der Waals surface area (Å²) in [6.45, 7) is 4.24. The van der Waals surface area contributed by atoms with Gasteiger partial charge in [0.1, 0.15) is 0 Å². The van der Waals surface area contributed by atoms with Gasteiger partial charge in [-0.15, -0.1) is 0 Å². The second-order valence-electron chi connectivity index (χ2n) is 6.89. The van der Waals surface area contributed by atoms with Gasteiger partial charge in [0, 0.05) is 24.7 Å². The Morgan fingerprint density at radius 1 is 1.10 bits per heavy atom. The number of rotatable bonds is 7. The molecule has 0 spiro atoms. The van der Waals surface area contributed by atoms with Crippen molar-refractivity contribution >= 4 is 22.5 Å². The third-order valence-electron chi connectivity index (χ3n) is 4.86. The van der Waals surface area contributed by atoms with Crippen LogP contribution in [0.5, 0.6) is 11.5 Å². The molecular formula is C22H25N3O4. The number of hydrogen-bond donors (Lipinski definition) is 1. The van der Waals surface area contributed by atoms with Gasteiger partial charge in [-0.25, -0.2) is 4.98 Å². The zero-order valence-corrected chi connectivity index (χ0v) is 17.1. The summed E-state index contributed by atoms with van der Waals surface area (Å²) in [5.74, 6) is 1.04. The summed E-state index contributed by atoms with van der Waals surface area (Å²) >= 11 is 0. The van der Waals surface area contributed by atoms with Crippen LogP contribution in [0.2, 0.25) is 0 Å². The van der Waals surface area contributed by atoms with Gasteiger partial charge in [0.25, 0.3) is 5.56 Å². The molecule has 1 aromatic heterocycles. The van der Waals surface area contributed by atoms with Crippen molar-refractivity contribution in [2.75, 3.05) is 19.5 Å². The molecule has 0 radical (unpaired) electrons. The van der Waals surface area contributed by atoms with E-state index in [-0.39, 0.29) is 17.9 Å². The highest BCUT2D eigenvalue weighted by Crippen LogP contribution is 2.32. The van der Waals surface area contributed by atoms with E-state index in [9.17, 15) is 9.59 Å². The Hall–Kier alpha value is -3.35. The Bertz CT molecular complexity index is 1110. The molecule has 0 unspecified atom stereocenters. The van der Waals surface area contributed by atoms with E-state index in [0.29, 0.717) is 35.5 Å². The number of para-hydroxylation sites is 1. The van der Waals surface area contributed by atoms with Gasteiger partial charge in [-0.1, -0.05) is 12.1 Å². The third-order valence-corrected chi connectivity index (χ3v) is 4.86. The Morgan fingerprint density at radius 3 is 2.55 bits per heavy atom. The SMILES string of the molecule is COc1cc(C)c(NC(=O)CCCn2cnc3c(C)cccc3c2=O)cc1OC. The van der Waals surface area contributed by atoms with Crippen LogP contribution in [-0.2, 0) is 11.3 Å². The highest BCUT2D eigenvalue weighted by Gasteiger charge is 2.11. The van der Waals surface area contributed by atoms with Crippen LogP contribution in [0, 0.1) is 13.8 Å². The zero-order chi connectivity index (χ0) is 21.0. The molecule has 0 aliphatic heterocycles. The fourth-order valence-electron chi connectivity index (χ4n) is 3.23. The highest BCUT2D eigenvalue weighted by atomic mass is 16.5. The lowest BCUT2D eigenvalue weighted by atomic mass is 10.1. The van der Waals surface area contributed by atoms with E-state index >= 15 is 0 Å². The molecule has 1 heterocycles. The van der Waals surface area contributed by atoms with Crippen LogP contribution in [0.3, 0.4) is 0 Å². The predicted octanol–water partition coefficient (Wildman–Crippen LogP) is 3.45. The summed E-state index contributed by atoms with van der Waals surface area (Å²) < 4.78 is 12.1. The lowest BCUT2D eigenvalue weighted by molar-refractivity contribution is -0.116. The van der Waals surface area contributed by atoms with Gasteiger partial charge in [-0.2, -0.15) is 0 Å². The number of aromatic nitrogens is 2. The number of ether oxygens (including phenoxy) is 2. The van der Waals surface area contributed by atoms with E-state index in [1.165, 1.54) is 0 Å². The molecule has 3 rings (SSSR count). The number of hydrogen-bond acceptors (Lipinski definition) is 5. The number of carbonyl (C=O) groups is 1. The first-order valence-corrected chi connectivity index (χ1v) is 9.42. The molecule has 0 saturated heterocycles. The minimum atomic E-state index is -0.127. The molecule has 29 heavy (non-hydrogen) atoms. The van der Waals surface area contributed by atoms with Crippen molar-refractivity contribution in [3.05, 3.63) is 58.1 Å². The maximum atomic E-state index is 12.6. The van der Waals surface area contributed by atoms with Gasteiger partial charge in [-0.3, -0.25) is 14.2 Å². The van der Waals surface area contributed by atoms with Crippen molar-refractivity contribution in [2.45, 2.75) is 33.2 Å². The minimum absolute atomic E-state index is 0.0881. The van der Waals surface area contributed by atoms with Crippen molar-refractivity contribution in [2.24, 2.45) is 0 Å². The van der Waals surface area contributed by atoms with E-state index in [1.54, 1.807) is 37.2 Å². The standard InChI is InChI=1S/C22H25N3O4/c1-14-7-5-8-16-21(14)23-13-25(22(16)27)10-6-9-20(26)24-17-12-19(29-4)18(28-3)11-15(17)2/h5,7-8,11-13H,6,9-10H2,1-4H3,(H,24,26). The summed E-state index contributed by atoms with van der Waals surface area (Å²) in [5.41, 5.74) is 3.15. The summed E-state index contributed by atoms with van der Waals surface area (Å²) in [5, 5.41) is 3.49. The topological polar surface area (TPSA) is 82.5 Å². The quantitative estimate of drug-likeness (QED) is 0.663. The van der Waals surface area contributed by atoms with Crippen molar-refractivity contribution in [1.29, 1.82) is 0 Å².